The smallest absolute Gasteiger partial charge is 0.354 e. The Morgan fingerprint density at radius 3 is 2.30 bits per heavy atom. The summed E-state index contributed by atoms with van der Waals surface area (Å²) in [6.45, 7) is 3.76. The minimum Gasteiger partial charge on any atom is -0.354 e. The summed E-state index contributed by atoms with van der Waals surface area (Å²) in [7, 11) is -4.75. The van der Waals surface area contributed by atoms with E-state index in [-0.39, 0.29) is 38.0 Å². The van der Waals surface area contributed by atoms with Gasteiger partial charge in [-0.05, 0) is 55.3 Å². The standard InChI is InChI=1S/C22H16N2O5S/c1-11-7-12(2)20-17(8-11)23-16-9-15-19(10-14(16)22(20)26)24(30(27,28)29)18-6-4-3-5-13(18)21(15)25/h3-10H,1-2H3,(H,23,26)(H,27,28,29). The number of pyridine rings is 2. The highest BCUT2D eigenvalue weighted by molar-refractivity contribution is 7.84. The van der Waals surface area contributed by atoms with E-state index in [1.807, 2.05) is 26.0 Å². The zero-order valence-corrected chi connectivity index (χ0v) is 16.9. The number of para-hydroxylation sites is 1. The first-order valence-corrected chi connectivity index (χ1v) is 10.6. The van der Waals surface area contributed by atoms with Crippen molar-refractivity contribution in [2.75, 3.05) is 0 Å². The van der Waals surface area contributed by atoms with E-state index >= 15 is 0 Å². The number of fused-ring (bicyclic) bond motifs is 4. The third-order valence-electron chi connectivity index (χ3n) is 5.42. The van der Waals surface area contributed by atoms with Crippen LogP contribution in [0.4, 0.5) is 0 Å². The van der Waals surface area contributed by atoms with Crippen molar-refractivity contribution >= 4 is 53.9 Å². The molecule has 8 heteroatoms. The van der Waals surface area contributed by atoms with Gasteiger partial charge in [0, 0.05) is 21.5 Å². The van der Waals surface area contributed by atoms with Crippen LogP contribution in [0.5, 0.6) is 0 Å². The molecule has 2 N–H and O–H groups in total. The van der Waals surface area contributed by atoms with E-state index in [0.717, 1.165) is 11.1 Å². The predicted molar refractivity (Wildman–Crippen MR) is 118 cm³/mol. The summed E-state index contributed by atoms with van der Waals surface area (Å²) in [4.78, 5) is 29.5. The zero-order valence-electron chi connectivity index (χ0n) is 16.1. The van der Waals surface area contributed by atoms with Crippen molar-refractivity contribution in [3.05, 3.63) is 80.1 Å². The summed E-state index contributed by atoms with van der Waals surface area (Å²) in [5, 5.41) is 0.957. The number of aromatic amines is 1. The van der Waals surface area contributed by atoms with Gasteiger partial charge in [-0.1, -0.05) is 18.2 Å². The summed E-state index contributed by atoms with van der Waals surface area (Å²) < 4.78 is 35.1. The van der Waals surface area contributed by atoms with Gasteiger partial charge in [0.2, 0.25) is 0 Å². The average Bonchev–Trinajstić information content (AvgIpc) is 2.66. The van der Waals surface area contributed by atoms with Crippen LogP contribution in [0, 0.1) is 13.8 Å². The van der Waals surface area contributed by atoms with Gasteiger partial charge >= 0.3 is 10.3 Å². The summed E-state index contributed by atoms with van der Waals surface area (Å²) in [6, 6.07) is 12.7. The van der Waals surface area contributed by atoms with Crippen molar-refractivity contribution in [1.82, 2.24) is 8.96 Å². The molecule has 0 atom stereocenters. The summed E-state index contributed by atoms with van der Waals surface area (Å²) in [6.07, 6.45) is 0. The highest BCUT2D eigenvalue weighted by atomic mass is 32.2. The molecule has 0 saturated heterocycles. The van der Waals surface area contributed by atoms with Crippen LogP contribution in [0.3, 0.4) is 0 Å². The van der Waals surface area contributed by atoms with Gasteiger partial charge in [-0.2, -0.15) is 8.42 Å². The van der Waals surface area contributed by atoms with Gasteiger partial charge < -0.3 is 4.98 Å². The lowest BCUT2D eigenvalue weighted by atomic mass is 10.0. The van der Waals surface area contributed by atoms with Crippen molar-refractivity contribution in [3.63, 3.8) is 0 Å². The Hall–Kier alpha value is -3.49. The SMILES string of the molecule is Cc1cc(C)c2c(=O)c3cc4c(cc3[nH]c2c1)c(=O)c1ccccc1n4S(=O)(=O)O. The lowest BCUT2D eigenvalue weighted by molar-refractivity contribution is 0.476. The molecule has 150 valence electrons. The Labute approximate surface area is 170 Å². The molecular formula is C22H16N2O5S. The minimum absolute atomic E-state index is 0.0425. The fourth-order valence-corrected chi connectivity index (χ4v) is 5.05. The molecule has 0 spiro atoms. The van der Waals surface area contributed by atoms with E-state index in [1.54, 1.807) is 12.1 Å². The third kappa shape index (κ3) is 2.51. The van der Waals surface area contributed by atoms with E-state index < -0.39 is 10.3 Å². The molecule has 0 aliphatic heterocycles. The Bertz CT molecular complexity index is 1780. The minimum atomic E-state index is -4.75. The Morgan fingerprint density at radius 1 is 0.833 bits per heavy atom. The Balaban J connectivity index is 2.12. The second-order valence-corrected chi connectivity index (χ2v) is 8.72. The quantitative estimate of drug-likeness (QED) is 0.319. The van der Waals surface area contributed by atoms with Gasteiger partial charge in [0.15, 0.2) is 10.9 Å². The van der Waals surface area contributed by atoms with Crippen molar-refractivity contribution in [3.8, 4) is 0 Å². The normalized spacial score (nSPS) is 12.4. The van der Waals surface area contributed by atoms with Crippen molar-refractivity contribution in [2.45, 2.75) is 13.8 Å². The molecule has 0 fully saturated rings. The lowest BCUT2D eigenvalue weighted by Gasteiger charge is -2.13. The number of nitrogens with one attached hydrogen (secondary N) is 1. The van der Waals surface area contributed by atoms with Crippen LogP contribution in [0.2, 0.25) is 0 Å². The molecule has 7 nitrogen and oxygen atoms in total. The molecule has 30 heavy (non-hydrogen) atoms. The first-order chi connectivity index (χ1) is 14.2. The number of benzene rings is 3. The van der Waals surface area contributed by atoms with Gasteiger partial charge in [-0.25, -0.2) is 3.97 Å². The Morgan fingerprint density at radius 2 is 1.57 bits per heavy atom. The van der Waals surface area contributed by atoms with Crippen molar-refractivity contribution < 1.29 is 13.0 Å². The monoisotopic (exact) mass is 420 g/mol. The van der Waals surface area contributed by atoms with Crippen LogP contribution < -0.4 is 10.9 Å². The fraction of sp³-hybridized carbons (Fsp3) is 0.0909. The van der Waals surface area contributed by atoms with Gasteiger partial charge in [-0.15, -0.1) is 0 Å². The second kappa shape index (κ2) is 6.01. The molecule has 0 bridgehead atoms. The first-order valence-electron chi connectivity index (χ1n) is 9.19. The van der Waals surface area contributed by atoms with Crippen LogP contribution in [0.1, 0.15) is 11.1 Å². The largest absolute Gasteiger partial charge is 0.364 e. The van der Waals surface area contributed by atoms with E-state index in [2.05, 4.69) is 4.98 Å². The molecule has 2 aromatic heterocycles. The highest BCUT2D eigenvalue weighted by Gasteiger charge is 2.20. The number of aromatic nitrogens is 2. The molecule has 2 heterocycles. The lowest BCUT2D eigenvalue weighted by Crippen LogP contribution is -2.18. The maximum atomic E-state index is 13.3. The molecule has 5 rings (SSSR count). The molecule has 0 aliphatic rings. The topological polar surface area (TPSA) is 109 Å². The number of hydrogen-bond acceptors (Lipinski definition) is 4. The number of nitrogens with zero attached hydrogens (tertiary/aromatic N) is 1. The van der Waals surface area contributed by atoms with Crippen LogP contribution >= 0.6 is 0 Å². The summed E-state index contributed by atoms with van der Waals surface area (Å²) in [5.74, 6) is 0. The van der Waals surface area contributed by atoms with E-state index in [4.69, 9.17) is 0 Å². The van der Waals surface area contributed by atoms with Gasteiger partial charge in [0.1, 0.15) is 0 Å². The van der Waals surface area contributed by atoms with Crippen LogP contribution in [0.15, 0.2) is 58.1 Å². The number of H-pyrrole nitrogens is 1. The Kier molecular flexibility index (Phi) is 3.71. The van der Waals surface area contributed by atoms with Crippen LogP contribution in [0.25, 0.3) is 43.6 Å². The second-order valence-electron chi connectivity index (χ2n) is 7.46. The van der Waals surface area contributed by atoms with Gasteiger partial charge in [0.05, 0.1) is 22.1 Å². The molecule has 0 unspecified atom stereocenters. The summed E-state index contributed by atoms with van der Waals surface area (Å²) in [5.41, 5.74) is 2.16. The molecule has 3 aromatic carbocycles. The molecule has 0 saturated carbocycles. The number of rotatable bonds is 1. The number of aryl methyl sites for hydroxylation is 2. The average molecular weight is 420 g/mol. The molecule has 0 radical (unpaired) electrons. The molecule has 0 aliphatic carbocycles. The van der Waals surface area contributed by atoms with Crippen molar-refractivity contribution in [1.29, 1.82) is 0 Å². The summed E-state index contributed by atoms with van der Waals surface area (Å²) >= 11 is 0. The maximum absolute atomic E-state index is 13.3. The number of hydrogen-bond donors (Lipinski definition) is 2. The van der Waals surface area contributed by atoms with Gasteiger partial charge in [0.25, 0.3) is 0 Å². The zero-order chi connectivity index (χ0) is 21.4. The maximum Gasteiger partial charge on any atom is 0.364 e. The molecule has 5 aromatic rings. The third-order valence-corrected chi connectivity index (χ3v) is 6.27. The predicted octanol–water partition coefficient (Wildman–Crippen LogP) is 3.42. The molecular weight excluding hydrogens is 404 g/mol. The van der Waals surface area contributed by atoms with Crippen molar-refractivity contribution in [2.24, 2.45) is 0 Å². The molecule has 0 amide bonds. The van der Waals surface area contributed by atoms with E-state index in [1.165, 1.54) is 24.3 Å². The van der Waals surface area contributed by atoms with E-state index in [9.17, 15) is 22.6 Å². The van der Waals surface area contributed by atoms with Gasteiger partial charge in [-0.3, -0.25) is 14.1 Å². The highest BCUT2D eigenvalue weighted by Crippen LogP contribution is 2.26. The van der Waals surface area contributed by atoms with Crippen LogP contribution in [-0.4, -0.2) is 21.9 Å². The fourth-order valence-electron chi connectivity index (χ4n) is 4.24. The van der Waals surface area contributed by atoms with Crippen LogP contribution in [-0.2, 0) is 10.3 Å². The first kappa shape index (κ1) is 18.5. The van der Waals surface area contributed by atoms with E-state index in [0.29, 0.717) is 20.4 Å².